The zero-order chi connectivity index (χ0) is 35.1. The van der Waals surface area contributed by atoms with Gasteiger partial charge in [0.05, 0.1) is 22.4 Å². The molecule has 0 bridgehead atoms. The van der Waals surface area contributed by atoms with Gasteiger partial charge in [0.1, 0.15) is 0 Å². The predicted octanol–water partition coefficient (Wildman–Crippen LogP) is 10.1. The molecule has 2 fully saturated rings. The van der Waals surface area contributed by atoms with Crippen LogP contribution in [0.4, 0.5) is 0 Å². The van der Waals surface area contributed by atoms with Gasteiger partial charge in [-0.15, -0.1) is 0 Å². The van der Waals surface area contributed by atoms with Crippen molar-refractivity contribution in [1.29, 1.82) is 0 Å². The van der Waals surface area contributed by atoms with E-state index in [1.54, 1.807) is 0 Å². The van der Waals surface area contributed by atoms with Gasteiger partial charge in [-0.2, -0.15) is 0 Å². The second kappa shape index (κ2) is 14.4. The smallest absolute Gasteiger partial charge is 0.399 e. The number of nitrogens with zero attached hydrogens (tertiary/aromatic N) is 1. The number of fused-ring (bicyclic) bond motifs is 3. The molecule has 0 N–H and O–H groups in total. The Bertz CT molecular complexity index is 1400. The Balaban J connectivity index is 1.69. The minimum absolute atomic E-state index is 0.385. The first-order chi connectivity index (χ1) is 22.6. The number of hydrogen-bond donors (Lipinski definition) is 0. The molecule has 2 unspecified atom stereocenters. The Morgan fingerprint density at radius 2 is 0.917 bits per heavy atom. The molecule has 2 atom stereocenters. The molecule has 0 aliphatic carbocycles. The van der Waals surface area contributed by atoms with Gasteiger partial charge in [0.15, 0.2) is 0 Å². The fraction of sp³-hybridized carbons (Fsp3) is 0.707. The van der Waals surface area contributed by atoms with Crippen LogP contribution in [0.15, 0.2) is 36.4 Å². The lowest BCUT2D eigenvalue weighted by atomic mass is 9.78. The van der Waals surface area contributed by atoms with Gasteiger partial charge < -0.3 is 23.2 Å². The number of rotatable bonds is 15. The van der Waals surface area contributed by atoms with Crippen molar-refractivity contribution in [1.82, 2.24) is 4.57 Å². The highest BCUT2D eigenvalue weighted by Gasteiger charge is 2.53. The number of benzene rings is 2. The summed E-state index contributed by atoms with van der Waals surface area (Å²) in [6.45, 7) is 26.5. The summed E-state index contributed by atoms with van der Waals surface area (Å²) in [5, 5.41) is 2.58. The molecule has 0 spiro atoms. The summed E-state index contributed by atoms with van der Waals surface area (Å²) >= 11 is 0. The molecule has 7 heteroatoms. The normalized spacial score (nSPS) is 21.8. The molecule has 264 valence electrons. The van der Waals surface area contributed by atoms with Crippen LogP contribution in [0.25, 0.3) is 21.8 Å². The fourth-order valence-corrected chi connectivity index (χ4v) is 7.77. The Labute approximate surface area is 293 Å². The monoisotopic (exact) mass is 658 g/mol. The lowest BCUT2D eigenvalue weighted by molar-refractivity contribution is 0.00578. The summed E-state index contributed by atoms with van der Waals surface area (Å²) in [6.07, 6.45) is 12.5. The van der Waals surface area contributed by atoms with Crippen molar-refractivity contribution in [3.05, 3.63) is 36.4 Å². The van der Waals surface area contributed by atoms with E-state index in [1.807, 2.05) is 0 Å². The molecular weight excluding hydrogens is 592 g/mol. The first-order valence-corrected chi connectivity index (χ1v) is 19.4. The molecule has 0 saturated carbocycles. The van der Waals surface area contributed by atoms with Crippen LogP contribution in [-0.2, 0) is 18.6 Å². The van der Waals surface area contributed by atoms with Gasteiger partial charge in [-0.1, -0.05) is 103 Å². The third-order valence-corrected chi connectivity index (χ3v) is 12.6. The summed E-state index contributed by atoms with van der Waals surface area (Å²) < 4.78 is 29.1. The number of hydrogen-bond acceptors (Lipinski definition) is 4. The average molecular weight is 658 g/mol. The third kappa shape index (κ3) is 7.32. The van der Waals surface area contributed by atoms with E-state index < -0.39 is 14.2 Å². The second-order valence-electron chi connectivity index (χ2n) is 17.1. The molecule has 5 nitrogen and oxygen atoms in total. The van der Waals surface area contributed by atoms with Gasteiger partial charge in [-0.25, -0.2) is 0 Å². The van der Waals surface area contributed by atoms with Crippen molar-refractivity contribution in [3.63, 3.8) is 0 Å². The third-order valence-electron chi connectivity index (χ3n) is 12.6. The minimum Gasteiger partial charge on any atom is -0.399 e. The second-order valence-corrected chi connectivity index (χ2v) is 17.1. The molecule has 2 saturated heterocycles. The highest BCUT2D eigenvalue weighted by Crippen LogP contribution is 2.41. The molecule has 3 heterocycles. The lowest BCUT2D eigenvalue weighted by Crippen LogP contribution is -2.41. The first-order valence-electron chi connectivity index (χ1n) is 19.4. The molecule has 48 heavy (non-hydrogen) atoms. The van der Waals surface area contributed by atoms with E-state index in [9.17, 15) is 0 Å². The highest BCUT2D eigenvalue weighted by atomic mass is 16.7. The van der Waals surface area contributed by atoms with E-state index in [4.69, 9.17) is 18.6 Å². The van der Waals surface area contributed by atoms with Crippen LogP contribution in [0.3, 0.4) is 0 Å². The van der Waals surface area contributed by atoms with Crippen LogP contribution in [-0.4, -0.2) is 41.2 Å². The topological polar surface area (TPSA) is 41.9 Å². The minimum atomic E-state index is -0.398. The van der Waals surface area contributed by atoms with Crippen molar-refractivity contribution in [2.45, 2.75) is 176 Å². The molecule has 2 aliphatic rings. The molecule has 2 aromatic carbocycles. The largest absolute Gasteiger partial charge is 0.494 e. The molecule has 0 amide bonds. The Kier molecular flexibility index (Phi) is 11.3. The molecule has 2 aliphatic heterocycles. The van der Waals surface area contributed by atoms with Gasteiger partial charge >= 0.3 is 14.2 Å². The summed E-state index contributed by atoms with van der Waals surface area (Å²) in [5.41, 5.74) is 3.19. The van der Waals surface area contributed by atoms with Crippen LogP contribution in [0.2, 0.25) is 0 Å². The average Bonchev–Trinajstić information content (AvgIpc) is 3.56. The van der Waals surface area contributed by atoms with Gasteiger partial charge in [-0.3, -0.25) is 0 Å². The van der Waals surface area contributed by atoms with Crippen molar-refractivity contribution in [2.24, 2.45) is 11.8 Å². The maximum absolute atomic E-state index is 6.59. The Morgan fingerprint density at radius 1 is 0.562 bits per heavy atom. The Morgan fingerprint density at radius 3 is 1.23 bits per heavy atom. The van der Waals surface area contributed by atoms with Crippen LogP contribution >= 0.6 is 0 Å². The van der Waals surface area contributed by atoms with E-state index in [0.29, 0.717) is 17.9 Å². The van der Waals surface area contributed by atoms with Gasteiger partial charge in [0.2, 0.25) is 0 Å². The quantitative estimate of drug-likeness (QED) is 0.153. The van der Waals surface area contributed by atoms with Crippen LogP contribution in [0, 0.1) is 11.8 Å². The van der Waals surface area contributed by atoms with Crippen molar-refractivity contribution >= 4 is 47.0 Å². The van der Waals surface area contributed by atoms with Crippen molar-refractivity contribution < 1.29 is 18.6 Å². The molecule has 5 rings (SSSR count). The maximum atomic E-state index is 6.59. The highest BCUT2D eigenvalue weighted by molar-refractivity contribution is 6.63. The zero-order valence-electron chi connectivity index (χ0n) is 32.5. The summed E-state index contributed by atoms with van der Waals surface area (Å²) in [7, 11) is -0.795. The van der Waals surface area contributed by atoms with Gasteiger partial charge in [-0.05, 0) is 103 Å². The van der Waals surface area contributed by atoms with Crippen LogP contribution in [0.1, 0.15) is 153 Å². The SMILES string of the molecule is CCCCC(CC)CC(CC(CC)CCCC)n1c2cc(B3OC(C)(C)C(C)(C)O3)ccc2c2ccc(B3OC(C)(C)C(C)(C)O3)cc21. The zero-order valence-corrected chi connectivity index (χ0v) is 32.5. The summed E-state index contributed by atoms with van der Waals surface area (Å²) in [5.74, 6) is 1.40. The Hall–Kier alpha value is -1.79. The van der Waals surface area contributed by atoms with Gasteiger partial charge in [0.25, 0.3) is 0 Å². The van der Waals surface area contributed by atoms with E-state index in [0.717, 1.165) is 10.9 Å². The van der Waals surface area contributed by atoms with E-state index >= 15 is 0 Å². The molecule has 3 aromatic rings. The molecular formula is C41H65B2NO4. The van der Waals surface area contributed by atoms with E-state index in [2.05, 4.69) is 124 Å². The predicted molar refractivity (Wildman–Crippen MR) is 206 cm³/mol. The fourth-order valence-electron chi connectivity index (χ4n) is 7.77. The molecule has 0 radical (unpaired) electrons. The molecule has 1 aromatic heterocycles. The standard InChI is InChI=1S/C41H65B2NO4/c1-13-17-19-29(15-3)25-33(26-30(16-4)20-18-14-2)44-36-27-31(42-45-38(5,6)39(7,8)46-42)21-23-34(36)35-24-22-32(28-37(35)44)43-47-40(9,10)41(11,12)48-43/h21-24,27-30,33H,13-20,25-26H2,1-12H3. The van der Waals surface area contributed by atoms with Crippen molar-refractivity contribution in [3.8, 4) is 0 Å². The maximum Gasteiger partial charge on any atom is 0.494 e. The van der Waals surface area contributed by atoms with Crippen LogP contribution < -0.4 is 10.9 Å². The number of unbranched alkanes of at least 4 members (excludes halogenated alkanes) is 2. The summed E-state index contributed by atoms with van der Waals surface area (Å²) in [6, 6.07) is 14.2. The first kappa shape index (κ1) is 37.5. The lowest BCUT2D eigenvalue weighted by Gasteiger charge is -2.32. The number of aromatic nitrogens is 1. The van der Waals surface area contributed by atoms with Crippen molar-refractivity contribution in [2.75, 3.05) is 0 Å². The van der Waals surface area contributed by atoms with E-state index in [1.165, 1.54) is 86.0 Å². The van der Waals surface area contributed by atoms with Crippen LogP contribution in [0.5, 0.6) is 0 Å². The van der Waals surface area contributed by atoms with Gasteiger partial charge in [0, 0.05) is 27.8 Å². The van der Waals surface area contributed by atoms with E-state index in [-0.39, 0.29) is 22.4 Å². The summed E-state index contributed by atoms with van der Waals surface area (Å²) in [4.78, 5) is 0.